The van der Waals surface area contributed by atoms with Crippen molar-refractivity contribution in [3.8, 4) is 5.75 Å². The summed E-state index contributed by atoms with van der Waals surface area (Å²) in [6.45, 7) is 0.0922. The van der Waals surface area contributed by atoms with Gasteiger partial charge in [0.15, 0.2) is 11.6 Å². The van der Waals surface area contributed by atoms with E-state index in [-0.39, 0.29) is 12.3 Å². The van der Waals surface area contributed by atoms with Crippen LogP contribution >= 0.6 is 0 Å². The lowest BCUT2D eigenvalue weighted by molar-refractivity contribution is -0.139. The van der Waals surface area contributed by atoms with Crippen molar-refractivity contribution in [1.82, 2.24) is 5.32 Å². The molecule has 0 radical (unpaired) electrons. The van der Waals surface area contributed by atoms with Gasteiger partial charge in [-0.25, -0.2) is 4.39 Å². The summed E-state index contributed by atoms with van der Waals surface area (Å²) in [5, 5.41) is 12.1. The fourth-order valence-corrected chi connectivity index (χ4v) is 2.06. The Bertz CT molecular complexity index is 616. The Labute approximate surface area is 122 Å². The number of ether oxygens (including phenoxy) is 1. The normalized spacial score (nSPS) is 11.9. The number of nitrogens with one attached hydrogen (secondary N) is 1. The summed E-state index contributed by atoms with van der Waals surface area (Å²) in [4.78, 5) is 11.3. The van der Waals surface area contributed by atoms with Gasteiger partial charge >= 0.3 is 5.97 Å². The molecule has 21 heavy (non-hydrogen) atoms. The molecule has 0 saturated heterocycles. The van der Waals surface area contributed by atoms with E-state index in [1.807, 2.05) is 6.07 Å². The number of carbonyl (C=O) groups is 1. The van der Waals surface area contributed by atoms with Crippen LogP contribution in [-0.4, -0.2) is 18.2 Å². The molecule has 110 valence electrons. The Hall–Kier alpha value is -2.40. The van der Waals surface area contributed by atoms with Crippen molar-refractivity contribution in [3.05, 3.63) is 65.5 Å². The molecule has 2 aromatic rings. The lowest BCUT2D eigenvalue weighted by atomic mass is 10.1. The first kappa shape index (κ1) is 15.0. The van der Waals surface area contributed by atoms with Crippen molar-refractivity contribution in [2.75, 3.05) is 7.11 Å². The third-order valence-corrected chi connectivity index (χ3v) is 3.14. The number of methoxy groups -OCH3 is 1. The Morgan fingerprint density at radius 2 is 1.95 bits per heavy atom. The van der Waals surface area contributed by atoms with Crippen molar-refractivity contribution in [2.45, 2.75) is 12.6 Å². The maximum absolute atomic E-state index is 14.0. The number of benzene rings is 2. The van der Waals surface area contributed by atoms with Crippen LogP contribution in [0.4, 0.5) is 4.39 Å². The Kier molecular flexibility index (Phi) is 4.90. The smallest absolute Gasteiger partial charge is 0.325 e. The molecule has 0 aliphatic rings. The summed E-state index contributed by atoms with van der Waals surface area (Å²) in [6.07, 6.45) is 0. The van der Waals surface area contributed by atoms with Gasteiger partial charge in [-0.2, -0.15) is 0 Å². The molecule has 0 heterocycles. The second kappa shape index (κ2) is 6.85. The van der Waals surface area contributed by atoms with Gasteiger partial charge < -0.3 is 9.84 Å². The molecule has 0 spiro atoms. The van der Waals surface area contributed by atoms with E-state index >= 15 is 0 Å². The van der Waals surface area contributed by atoms with E-state index in [1.165, 1.54) is 13.2 Å². The molecule has 5 heteroatoms. The second-order valence-corrected chi connectivity index (χ2v) is 4.50. The molecular formula is C16H16FNO3. The van der Waals surface area contributed by atoms with Crippen molar-refractivity contribution >= 4 is 5.97 Å². The number of hydrogen-bond acceptors (Lipinski definition) is 3. The fourth-order valence-electron chi connectivity index (χ4n) is 2.06. The highest BCUT2D eigenvalue weighted by Gasteiger charge is 2.19. The summed E-state index contributed by atoms with van der Waals surface area (Å²) in [6, 6.07) is 12.7. The maximum atomic E-state index is 14.0. The van der Waals surface area contributed by atoms with Gasteiger partial charge in [-0.05, 0) is 11.6 Å². The van der Waals surface area contributed by atoms with Crippen LogP contribution in [0.15, 0.2) is 48.5 Å². The minimum atomic E-state index is -1.01. The van der Waals surface area contributed by atoms with Crippen molar-refractivity contribution in [1.29, 1.82) is 0 Å². The first-order valence-corrected chi connectivity index (χ1v) is 6.46. The Balaban J connectivity index is 2.15. The molecule has 0 aliphatic carbocycles. The zero-order chi connectivity index (χ0) is 15.2. The summed E-state index contributed by atoms with van der Waals surface area (Å²) in [7, 11) is 1.39. The Morgan fingerprint density at radius 1 is 1.24 bits per heavy atom. The predicted molar refractivity (Wildman–Crippen MR) is 76.6 cm³/mol. The van der Waals surface area contributed by atoms with Crippen LogP contribution in [0.3, 0.4) is 0 Å². The lowest BCUT2D eigenvalue weighted by Gasteiger charge is -2.15. The van der Waals surface area contributed by atoms with Crippen LogP contribution in [-0.2, 0) is 11.3 Å². The van der Waals surface area contributed by atoms with Crippen molar-refractivity contribution in [3.63, 3.8) is 0 Å². The molecule has 4 nitrogen and oxygen atoms in total. The van der Waals surface area contributed by atoms with Crippen LogP contribution in [0.5, 0.6) is 5.75 Å². The number of carboxylic acid groups (broad SMARTS) is 1. The van der Waals surface area contributed by atoms with Gasteiger partial charge in [0.05, 0.1) is 7.11 Å². The molecule has 2 rings (SSSR count). The largest absolute Gasteiger partial charge is 0.494 e. The highest BCUT2D eigenvalue weighted by Crippen LogP contribution is 2.21. The molecule has 0 aromatic heterocycles. The molecule has 0 saturated carbocycles. The van der Waals surface area contributed by atoms with E-state index in [9.17, 15) is 14.3 Å². The van der Waals surface area contributed by atoms with Gasteiger partial charge in [0.1, 0.15) is 6.04 Å². The fraction of sp³-hybridized carbons (Fsp3) is 0.188. The van der Waals surface area contributed by atoms with Crippen LogP contribution < -0.4 is 10.1 Å². The molecule has 0 fully saturated rings. The molecule has 1 atom stereocenters. The van der Waals surface area contributed by atoms with E-state index in [4.69, 9.17) is 4.74 Å². The molecule has 0 bridgehead atoms. The van der Waals surface area contributed by atoms with Crippen molar-refractivity contribution < 1.29 is 19.0 Å². The number of aliphatic carboxylic acids is 1. The first-order chi connectivity index (χ1) is 10.1. The lowest BCUT2D eigenvalue weighted by Crippen LogP contribution is -2.28. The van der Waals surface area contributed by atoms with Crippen LogP contribution in [0.25, 0.3) is 0 Å². The standard InChI is InChI=1S/C16H16FNO3/c1-21-13-9-5-8-12(14(13)17)10-18-15(16(19)20)11-6-3-2-4-7-11/h2-9,15,18H,10H2,1H3,(H,19,20). The zero-order valence-electron chi connectivity index (χ0n) is 11.5. The molecule has 0 aliphatic heterocycles. The van der Waals surface area contributed by atoms with Crippen LogP contribution in [0.1, 0.15) is 17.2 Å². The molecule has 0 amide bonds. The van der Waals surface area contributed by atoms with E-state index in [1.54, 1.807) is 36.4 Å². The minimum absolute atomic E-state index is 0.0922. The van der Waals surface area contributed by atoms with Gasteiger partial charge in [-0.3, -0.25) is 10.1 Å². The second-order valence-electron chi connectivity index (χ2n) is 4.50. The average molecular weight is 289 g/mol. The number of carboxylic acids is 1. The number of halogens is 1. The van der Waals surface area contributed by atoms with E-state index in [2.05, 4.69) is 5.32 Å². The minimum Gasteiger partial charge on any atom is -0.494 e. The monoisotopic (exact) mass is 289 g/mol. The maximum Gasteiger partial charge on any atom is 0.325 e. The van der Waals surface area contributed by atoms with Gasteiger partial charge in [0, 0.05) is 12.1 Å². The molecule has 2 aromatic carbocycles. The highest BCUT2D eigenvalue weighted by atomic mass is 19.1. The third kappa shape index (κ3) is 3.58. The Morgan fingerprint density at radius 3 is 2.57 bits per heavy atom. The van der Waals surface area contributed by atoms with Crippen LogP contribution in [0, 0.1) is 5.82 Å². The average Bonchev–Trinajstić information content (AvgIpc) is 2.50. The van der Waals surface area contributed by atoms with E-state index < -0.39 is 17.8 Å². The van der Waals surface area contributed by atoms with Crippen LogP contribution in [0.2, 0.25) is 0 Å². The summed E-state index contributed by atoms with van der Waals surface area (Å²) in [5.41, 5.74) is 0.977. The van der Waals surface area contributed by atoms with Crippen molar-refractivity contribution in [2.24, 2.45) is 0 Å². The molecular weight excluding hydrogens is 273 g/mol. The van der Waals surface area contributed by atoms with Gasteiger partial charge in [0.25, 0.3) is 0 Å². The quantitative estimate of drug-likeness (QED) is 0.858. The number of rotatable bonds is 6. The van der Waals surface area contributed by atoms with Gasteiger partial charge in [-0.15, -0.1) is 0 Å². The zero-order valence-corrected chi connectivity index (χ0v) is 11.5. The van der Waals surface area contributed by atoms with Gasteiger partial charge in [0.2, 0.25) is 0 Å². The molecule has 1 unspecified atom stereocenters. The third-order valence-electron chi connectivity index (χ3n) is 3.14. The highest BCUT2D eigenvalue weighted by molar-refractivity contribution is 5.75. The topological polar surface area (TPSA) is 58.6 Å². The van der Waals surface area contributed by atoms with E-state index in [0.29, 0.717) is 11.1 Å². The van der Waals surface area contributed by atoms with Gasteiger partial charge in [-0.1, -0.05) is 42.5 Å². The first-order valence-electron chi connectivity index (χ1n) is 6.46. The summed E-state index contributed by atoms with van der Waals surface area (Å²) >= 11 is 0. The van der Waals surface area contributed by atoms with E-state index in [0.717, 1.165) is 0 Å². The predicted octanol–water partition coefficient (Wildman–Crippen LogP) is 2.75. The SMILES string of the molecule is COc1cccc(CNC(C(=O)O)c2ccccc2)c1F. The molecule has 2 N–H and O–H groups in total. The summed E-state index contributed by atoms with van der Waals surface area (Å²) < 4.78 is 18.9. The summed E-state index contributed by atoms with van der Waals surface area (Å²) in [5.74, 6) is -1.35. The number of hydrogen-bond donors (Lipinski definition) is 2.